The van der Waals surface area contributed by atoms with Gasteiger partial charge in [0.15, 0.2) is 0 Å². The number of halogens is 2. The van der Waals surface area contributed by atoms with Crippen molar-refractivity contribution in [3.63, 3.8) is 0 Å². The van der Waals surface area contributed by atoms with Gasteiger partial charge in [-0.25, -0.2) is 0 Å². The molecule has 0 aliphatic carbocycles. The molecule has 142 valence electrons. The minimum atomic E-state index is -0.427. The van der Waals surface area contributed by atoms with Crippen molar-refractivity contribution in [2.75, 3.05) is 32.7 Å². The first-order chi connectivity index (χ1) is 10.3. The molecule has 2 fully saturated rings. The highest BCUT2D eigenvalue weighted by atomic mass is 35.5. The van der Waals surface area contributed by atoms with E-state index in [9.17, 15) is 9.59 Å². The van der Waals surface area contributed by atoms with Crippen molar-refractivity contribution in [3.8, 4) is 0 Å². The molecule has 0 radical (unpaired) electrons. The van der Waals surface area contributed by atoms with Crippen molar-refractivity contribution in [2.24, 2.45) is 11.7 Å². The van der Waals surface area contributed by atoms with Gasteiger partial charge in [0.25, 0.3) is 0 Å². The molecule has 0 spiro atoms. The quantitative estimate of drug-likeness (QED) is 0.718. The van der Waals surface area contributed by atoms with E-state index < -0.39 is 5.54 Å². The van der Waals surface area contributed by atoms with Gasteiger partial charge in [-0.3, -0.25) is 14.5 Å². The smallest absolute Gasteiger partial charge is 0.225 e. The number of amides is 2. The fourth-order valence-corrected chi connectivity index (χ4v) is 3.36. The fourth-order valence-electron chi connectivity index (χ4n) is 3.36. The van der Waals surface area contributed by atoms with Crippen molar-refractivity contribution in [3.05, 3.63) is 0 Å². The Morgan fingerprint density at radius 2 is 2.04 bits per heavy atom. The first-order valence-electron chi connectivity index (χ1n) is 8.38. The Balaban J connectivity index is 0.00000264. The summed E-state index contributed by atoms with van der Waals surface area (Å²) >= 11 is 0. The molecule has 2 heterocycles. The van der Waals surface area contributed by atoms with Crippen molar-refractivity contribution >= 4 is 36.6 Å². The molecule has 2 rings (SSSR count). The van der Waals surface area contributed by atoms with Crippen LogP contribution in [0.2, 0.25) is 0 Å². The number of rotatable bonds is 6. The Bertz CT molecular complexity index is 429. The number of carbonyl (C=O) groups is 2. The molecule has 24 heavy (non-hydrogen) atoms. The summed E-state index contributed by atoms with van der Waals surface area (Å²) < 4.78 is 0. The van der Waals surface area contributed by atoms with E-state index in [2.05, 4.69) is 17.1 Å². The zero-order chi connectivity index (χ0) is 16.3. The number of hydrogen-bond acceptors (Lipinski definition) is 4. The minimum Gasteiger partial charge on any atom is -0.354 e. The van der Waals surface area contributed by atoms with E-state index in [1.165, 1.54) is 6.42 Å². The molecular formula is C16H32Cl2N4O2. The van der Waals surface area contributed by atoms with E-state index >= 15 is 0 Å². The van der Waals surface area contributed by atoms with Gasteiger partial charge in [-0.15, -0.1) is 24.8 Å². The summed E-state index contributed by atoms with van der Waals surface area (Å²) in [6.07, 6.45) is 2.68. The van der Waals surface area contributed by atoms with Gasteiger partial charge in [0.1, 0.15) is 0 Å². The van der Waals surface area contributed by atoms with Crippen LogP contribution in [0.5, 0.6) is 0 Å². The van der Waals surface area contributed by atoms with Gasteiger partial charge in [-0.2, -0.15) is 0 Å². The van der Waals surface area contributed by atoms with Crippen LogP contribution in [0.25, 0.3) is 0 Å². The molecule has 0 saturated carbocycles. The Labute approximate surface area is 157 Å². The molecule has 8 heteroatoms. The monoisotopic (exact) mass is 382 g/mol. The molecule has 0 aromatic heterocycles. The average molecular weight is 383 g/mol. The Hall–Kier alpha value is -0.560. The highest BCUT2D eigenvalue weighted by Gasteiger charge is 2.37. The first-order valence-corrected chi connectivity index (χ1v) is 8.38. The number of carbonyl (C=O) groups excluding carboxylic acids is 2. The second-order valence-corrected chi connectivity index (χ2v) is 7.33. The van der Waals surface area contributed by atoms with E-state index in [0.717, 1.165) is 26.1 Å². The minimum absolute atomic E-state index is 0. The van der Waals surface area contributed by atoms with Gasteiger partial charge < -0.3 is 16.0 Å². The fraction of sp³-hybridized carbons (Fsp3) is 0.875. The van der Waals surface area contributed by atoms with Crippen molar-refractivity contribution in [1.29, 1.82) is 0 Å². The number of hydrogen-bond donors (Lipinski definition) is 2. The highest BCUT2D eigenvalue weighted by Crippen LogP contribution is 2.23. The summed E-state index contributed by atoms with van der Waals surface area (Å²) in [7, 11) is 0. The van der Waals surface area contributed by atoms with Crippen LogP contribution in [0.3, 0.4) is 0 Å². The van der Waals surface area contributed by atoms with Gasteiger partial charge in [-0.05, 0) is 39.8 Å². The summed E-state index contributed by atoms with van der Waals surface area (Å²) in [5.74, 6) is -0.172. The van der Waals surface area contributed by atoms with E-state index in [4.69, 9.17) is 5.73 Å². The van der Waals surface area contributed by atoms with Crippen molar-refractivity contribution < 1.29 is 9.59 Å². The topological polar surface area (TPSA) is 78.7 Å². The molecule has 2 aliphatic heterocycles. The normalized spacial score (nSPS) is 24.5. The molecule has 3 N–H and O–H groups in total. The van der Waals surface area contributed by atoms with Crippen LogP contribution in [0.1, 0.15) is 40.0 Å². The van der Waals surface area contributed by atoms with Gasteiger partial charge in [-0.1, -0.05) is 6.92 Å². The summed E-state index contributed by atoms with van der Waals surface area (Å²) in [4.78, 5) is 28.7. The van der Waals surface area contributed by atoms with Gasteiger partial charge in [0.2, 0.25) is 11.8 Å². The molecule has 2 saturated heterocycles. The Kier molecular flexibility index (Phi) is 9.57. The lowest BCUT2D eigenvalue weighted by atomic mass is 10.1. The van der Waals surface area contributed by atoms with Crippen molar-refractivity contribution in [2.45, 2.75) is 51.6 Å². The SMILES string of the molecule is CCN1CCCC1CN1CC(C(=O)NCC(C)(C)N)CC1=O.Cl.Cl. The molecule has 0 aromatic rings. The maximum absolute atomic E-state index is 12.2. The highest BCUT2D eigenvalue weighted by molar-refractivity contribution is 5.89. The van der Waals surface area contributed by atoms with Gasteiger partial charge in [0.05, 0.1) is 5.92 Å². The molecule has 2 atom stereocenters. The third-order valence-corrected chi connectivity index (χ3v) is 4.64. The van der Waals surface area contributed by atoms with E-state index in [1.807, 2.05) is 18.7 Å². The predicted molar refractivity (Wildman–Crippen MR) is 101 cm³/mol. The number of nitrogens with zero attached hydrogens (tertiary/aromatic N) is 2. The van der Waals surface area contributed by atoms with Crippen LogP contribution in [-0.4, -0.2) is 65.9 Å². The molecule has 0 aromatic carbocycles. The van der Waals surface area contributed by atoms with E-state index in [0.29, 0.717) is 25.6 Å². The van der Waals surface area contributed by atoms with Crippen LogP contribution < -0.4 is 11.1 Å². The van der Waals surface area contributed by atoms with E-state index in [1.54, 1.807) is 0 Å². The third-order valence-electron chi connectivity index (χ3n) is 4.64. The van der Waals surface area contributed by atoms with Crippen molar-refractivity contribution in [1.82, 2.24) is 15.1 Å². The average Bonchev–Trinajstić information content (AvgIpc) is 3.03. The summed E-state index contributed by atoms with van der Waals surface area (Å²) in [6, 6.07) is 0.457. The number of nitrogens with two attached hydrogens (primary N) is 1. The molecule has 0 bridgehead atoms. The summed E-state index contributed by atoms with van der Waals surface area (Å²) in [5.41, 5.74) is 5.45. The Morgan fingerprint density at radius 1 is 1.38 bits per heavy atom. The second kappa shape index (κ2) is 9.80. The lowest BCUT2D eigenvalue weighted by molar-refractivity contribution is -0.129. The predicted octanol–water partition coefficient (Wildman–Crippen LogP) is 1.02. The van der Waals surface area contributed by atoms with Crippen LogP contribution in [-0.2, 0) is 9.59 Å². The molecule has 6 nitrogen and oxygen atoms in total. The standard InChI is InChI=1S/C16H30N4O2.2ClH/c1-4-19-7-5-6-13(19)10-20-9-12(8-14(20)21)15(22)18-11-16(2,3)17;;/h12-13H,4-11,17H2,1-3H3,(H,18,22);2*1H. The van der Waals surface area contributed by atoms with Crippen LogP contribution >= 0.6 is 24.8 Å². The van der Waals surface area contributed by atoms with Gasteiger partial charge >= 0.3 is 0 Å². The van der Waals surface area contributed by atoms with E-state index in [-0.39, 0.29) is 42.5 Å². The number of nitrogens with one attached hydrogen (secondary N) is 1. The molecule has 2 aliphatic rings. The zero-order valence-electron chi connectivity index (χ0n) is 14.9. The molecule has 2 unspecified atom stereocenters. The Morgan fingerprint density at radius 3 is 2.62 bits per heavy atom. The lowest BCUT2D eigenvalue weighted by Gasteiger charge is -2.27. The van der Waals surface area contributed by atoms with Crippen LogP contribution in [0.4, 0.5) is 0 Å². The largest absolute Gasteiger partial charge is 0.354 e. The summed E-state index contributed by atoms with van der Waals surface area (Å²) in [6.45, 7) is 9.80. The summed E-state index contributed by atoms with van der Waals surface area (Å²) in [5, 5.41) is 2.87. The second-order valence-electron chi connectivity index (χ2n) is 7.33. The maximum Gasteiger partial charge on any atom is 0.225 e. The molecule has 2 amide bonds. The lowest BCUT2D eigenvalue weighted by Crippen LogP contribution is -2.47. The first kappa shape index (κ1) is 23.4. The number of likely N-dealkylation sites (N-methyl/N-ethyl adjacent to an activating group) is 1. The third kappa shape index (κ3) is 6.39. The maximum atomic E-state index is 12.2. The van der Waals surface area contributed by atoms with Crippen LogP contribution in [0.15, 0.2) is 0 Å². The van der Waals surface area contributed by atoms with Gasteiger partial charge in [0, 0.05) is 37.6 Å². The number of likely N-dealkylation sites (tertiary alicyclic amines) is 2. The molecular weight excluding hydrogens is 351 g/mol. The zero-order valence-corrected chi connectivity index (χ0v) is 16.5. The van der Waals surface area contributed by atoms with Crippen LogP contribution in [0, 0.1) is 5.92 Å².